The molecule has 0 saturated carbocycles. The summed E-state index contributed by atoms with van der Waals surface area (Å²) in [7, 11) is 0. The molecule has 0 aliphatic heterocycles. The first-order valence-electron chi connectivity index (χ1n) is 3.30. The molecule has 1 atom stereocenters. The molecule has 0 saturated heterocycles. The number of hydrogen-bond donors (Lipinski definition) is 3. The molecule has 7 heteroatoms. The molecule has 0 aromatic carbocycles. The first-order valence-corrected chi connectivity index (χ1v) is 4.15. The fourth-order valence-corrected chi connectivity index (χ4v) is 0.993. The van der Waals surface area contributed by atoms with Gasteiger partial charge in [0.2, 0.25) is 0 Å². The Bertz CT molecular complexity index is 169. The summed E-state index contributed by atoms with van der Waals surface area (Å²) in [6.07, 6.45) is 1.37. The summed E-state index contributed by atoms with van der Waals surface area (Å²) in [5, 5.41) is 11.2. The third kappa shape index (κ3) is 11.6. The molecule has 68 valence electrons. The van der Waals surface area contributed by atoms with E-state index in [2.05, 4.69) is 30.2 Å². The molecule has 1 unspecified atom stereocenters. The SMILES string of the molecule is CCCC(NC(=S)S)C(=O)O.[NaH].[NaH]. The van der Waals surface area contributed by atoms with Crippen LogP contribution in [0.3, 0.4) is 0 Å². The number of thiol groups is 1. The molecule has 0 amide bonds. The van der Waals surface area contributed by atoms with Crippen LogP contribution in [0.1, 0.15) is 19.8 Å². The monoisotopic (exact) mass is 241 g/mol. The van der Waals surface area contributed by atoms with Crippen LogP contribution in [0.5, 0.6) is 0 Å². The molecule has 13 heavy (non-hydrogen) atoms. The topological polar surface area (TPSA) is 49.3 Å². The number of thiocarbonyl (C=S) groups is 1. The Balaban J connectivity index is -0.000000500. The summed E-state index contributed by atoms with van der Waals surface area (Å²) in [6, 6.07) is -0.593. The number of rotatable bonds is 4. The van der Waals surface area contributed by atoms with Crippen molar-refractivity contribution in [1.29, 1.82) is 0 Å². The second-order valence-electron chi connectivity index (χ2n) is 2.13. The van der Waals surface area contributed by atoms with Crippen molar-refractivity contribution < 1.29 is 9.90 Å². The average molecular weight is 241 g/mol. The molecule has 0 aliphatic carbocycles. The molecule has 0 radical (unpaired) electrons. The van der Waals surface area contributed by atoms with Crippen LogP contribution in [0.2, 0.25) is 0 Å². The molecule has 0 spiro atoms. The number of hydrogen-bond acceptors (Lipinski definition) is 2. The summed E-state index contributed by atoms with van der Waals surface area (Å²) in [5.41, 5.74) is 0. The van der Waals surface area contributed by atoms with E-state index in [4.69, 9.17) is 5.11 Å². The van der Waals surface area contributed by atoms with Gasteiger partial charge in [0.15, 0.2) is 0 Å². The zero-order valence-electron chi connectivity index (χ0n) is 6.20. The predicted molar refractivity (Wildman–Crippen MR) is 65.3 cm³/mol. The molecule has 0 heterocycles. The predicted octanol–water partition coefficient (Wildman–Crippen LogP) is -0.253. The zero-order chi connectivity index (χ0) is 8.85. The van der Waals surface area contributed by atoms with E-state index in [0.717, 1.165) is 6.42 Å². The van der Waals surface area contributed by atoms with E-state index >= 15 is 0 Å². The van der Waals surface area contributed by atoms with Crippen molar-refractivity contribution in [3.05, 3.63) is 0 Å². The van der Waals surface area contributed by atoms with Gasteiger partial charge in [0.25, 0.3) is 0 Å². The molecule has 0 aromatic rings. The number of carboxylic acid groups (broad SMARTS) is 1. The second kappa shape index (κ2) is 11.8. The van der Waals surface area contributed by atoms with Crippen molar-refractivity contribution in [2.75, 3.05) is 0 Å². The van der Waals surface area contributed by atoms with Crippen molar-refractivity contribution in [1.82, 2.24) is 5.32 Å². The minimum absolute atomic E-state index is 0. The zero-order valence-corrected chi connectivity index (χ0v) is 7.91. The molecular weight excluding hydrogens is 228 g/mol. The molecule has 0 fully saturated rings. The van der Waals surface area contributed by atoms with Crippen LogP contribution >= 0.6 is 24.8 Å². The number of aliphatic carboxylic acids is 1. The fourth-order valence-electron chi connectivity index (χ4n) is 0.695. The first kappa shape index (κ1) is 20.2. The van der Waals surface area contributed by atoms with Crippen LogP contribution in [0, 0.1) is 0 Å². The van der Waals surface area contributed by atoms with E-state index in [9.17, 15) is 4.79 Å². The van der Waals surface area contributed by atoms with Crippen molar-refractivity contribution >= 4 is 94.3 Å². The number of carboxylic acids is 1. The van der Waals surface area contributed by atoms with Gasteiger partial charge in [-0.15, -0.1) is 12.6 Å². The molecular formula is C6H13NNa2O2S2. The Morgan fingerprint density at radius 1 is 1.62 bits per heavy atom. The van der Waals surface area contributed by atoms with Gasteiger partial charge in [-0.25, -0.2) is 4.79 Å². The van der Waals surface area contributed by atoms with Crippen LogP contribution in [0.4, 0.5) is 0 Å². The van der Waals surface area contributed by atoms with E-state index in [0.29, 0.717) is 6.42 Å². The number of nitrogens with one attached hydrogen (secondary N) is 1. The van der Waals surface area contributed by atoms with Gasteiger partial charge in [-0.1, -0.05) is 25.6 Å². The molecule has 0 aliphatic rings. The third-order valence-corrected chi connectivity index (χ3v) is 1.42. The van der Waals surface area contributed by atoms with Crippen LogP contribution in [0.15, 0.2) is 0 Å². The van der Waals surface area contributed by atoms with Gasteiger partial charge in [-0.3, -0.25) is 0 Å². The Morgan fingerprint density at radius 2 is 2.08 bits per heavy atom. The van der Waals surface area contributed by atoms with Crippen molar-refractivity contribution in [3.63, 3.8) is 0 Å². The first-order chi connectivity index (χ1) is 5.07. The van der Waals surface area contributed by atoms with Gasteiger partial charge in [-0.2, -0.15) is 0 Å². The third-order valence-electron chi connectivity index (χ3n) is 1.17. The summed E-state index contributed by atoms with van der Waals surface area (Å²) in [6.45, 7) is 1.92. The van der Waals surface area contributed by atoms with Crippen molar-refractivity contribution in [3.8, 4) is 0 Å². The summed E-state index contributed by atoms with van der Waals surface area (Å²) in [5.74, 6) is -0.886. The molecule has 0 aromatic heterocycles. The van der Waals surface area contributed by atoms with Crippen LogP contribution in [-0.2, 0) is 4.79 Å². The minimum atomic E-state index is -0.886. The number of carbonyl (C=O) groups is 1. The molecule has 3 nitrogen and oxygen atoms in total. The van der Waals surface area contributed by atoms with Gasteiger partial charge >= 0.3 is 65.1 Å². The van der Waals surface area contributed by atoms with Gasteiger partial charge in [-0.05, 0) is 6.42 Å². The Labute approximate surface area is 133 Å². The summed E-state index contributed by atoms with van der Waals surface area (Å²) < 4.78 is 0.228. The maximum absolute atomic E-state index is 10.5. The standard InChI is InChI=1S/C6H11NO2S2.2Na.2H/c1-2-3-4(5(8)9)7-6(10)11;;;;/h4H,2-3H2,1H3,(H,8,9)(H2,7,10,11);;;;. The molecule has 2 N–H and O–H groups in total. The van der Waals surface area contributed by atoms with E-state index in [1.165, 1.54) is 0 Å². The summed E-state index contributed by atoms with van der Waals surface area (Å²) in [4.78, 5) is 10.5. The maximum atomic E-state index is 10.5. The van der Waals surface area contributed by atoms with E-state index in [1.807, 2.05) is 6.92 Å². The van der Waals surface area contributed by atoms with Crippen molar-refractivity contribution in [2.24, 2.45) is 0 Å². The van der Waals surface area contributed by atoms with E-state index < -0.39 is 12.0 Å². The Kier molecular flexibility index (Phi) is 18.3. The van der Waals surface area contributed by atoms with Crippen LogP contribution in [-0.4, -0.2) is 80.6 Å². The molecule has 0 rings (SSSR count). The average Bonchev–Trinajstić information content (AvgIpc) is 1.86. The Hall–Kier alpha value is 1.71. The van der Waals surface area contributed by atoms with Gasteiger partial charge in [0.05, 0.1) is 0 Å². The van der Waals surface area contributed by atoms with Gasteiger partial charge in [0, 0.05) is 0 Å². The van der Waals surface area contributed by atoms with E-state index in [1.54, 1.807) is 0 Å². The second-order valence-corrected chi connectivity index (χ2v) is 3.29. The van der Waals surface area contributed by atoms with E-state index in [-0.39, 0.29) is 63.4 Å². The summed E-state index contributed by atoms with van der Waals surface area (Å²) >= 11 is 8.38. The van der Waals surface area contributed by atoms with Crippen LogP contribution in [0.25, 0.3) is 0 Å². The Morgan fingerprint density at radius 3 is 2.31 bits per heavy atom. The quantitative estimate of drug-likeness (QED) is 0.361. The molecule has 0 bridgehead atoms. The normalized spacial score (nSPS) is 10.3. The van der Waals surface area contributed by atoms with Crippen molar-refractivity contribution in [2.45, 2.75) is 25.8 Å². The fraction of sp³-hybridized carbons (Fsp3) is 0.667. The van der Waals surface area contributed by atoms with Gasteiger partial charge in [0.1, 0.15) is 10.4 Å². The van der Waals surface area contributed by atoms with Crippen LogP contribution < -0.4 is 5.32 Å². The van der Waals surface area contributed by atoms with Gasteiger partial charge < -0.3 is 10.4 Å².